The Morgan fingerprint density at radius 1 is 1.14 bits per heavy atom. The molecule has 0 aliphatic carbocycles. The standard InChI is InChI=1S/C22H26N4O2S/c1-5-26-21(17-9-7-8-10-19(17)28-6-2)24-25-22(26)29-14-20(27)23-18-13-15(3)11-12-16(18)4/h7-13H,5-6,14H2,1-4H3,(H,23,27). The zero-order chi connectivity index (χ0) is 20.8. The van der Waals surface area contributed by atoms with Gasteiger partial charge >= 0.3 is 0 Å². The molecule has 0 radical (unpaired) electrons. The van der Waals surface area contributed by atoms with Crippen molar-refractivity contribution in [2.24, 2.45) is 0 Å². The third kappa shape index (κ3) is 4.98. The Morgan fingerprint density at radius 3 is 2.69 bits per heavy atom. The first kappa shape index (κ1) is 20.9. The monoisotopic (exact) mass is 410 g/mol. The van der Waals surface area contributed by atoms with Crippen molar-refractivity contribution in [3.8, 4) is 17.1 Å². The number of nitrogens with one attached hydrogen (secondary N) is 1. The minimum atomic E-state index is -0.0642. The van der Waals surface area contributed by atoms with Crippen LogP contribution in [0.1, 0.15) is 25.0 Å². The largest absolute Gasteiger partial charge is 0.493 e. The maximum absolute atomic E-state index is 12.5. The molecule has 7 heteroatoms. The van der Waals surface area contributed by atoms with Gasteiger partial charge in [0.2, 0.25) is 5.91 Å². The fourth-order valence-corrected chi connectivity index (χ4v) is 3.80. The Labute approximate surface area is 175 Å². The number of hydrogen-bond acceptors (Lipinski definition) is 5. The molecule has 1 heterocycles. The Kier molecular flexibility index (Phi) is 6.93. The summed E-state index contributed by atoms with van der Waals surface area (Å²) in [6.07, 6.45) is 0. The molecule has 0 aliphatic heterocycles. The summed E-state index contributed by atoms with van der Waals surface area (Å²) in [5, 5.41) is 12.4. The van der Waals surface area contributed by atoms with Gasteiger partial charge in [0.25, 0.3) is 0 Å². The molecule has 3 rings (SSSR count). The van der Waals surface area contributed by atoms with E-state index in [4.69, 9.17) is 4.74 Å². The van der Waals surface area contributed by atoms with Crippen LogP contribution >= 0.6 is 11.8 Å². The van der Waals surface area contributed by atoms with E-state index >= 15 is 0 Å². The Bertz CT molecular complexity index is 1000. The van der Waals surface area contributed by atoms with Gasteiger partial charge in [0.1, 0.15) is 5.75 Å². The number of thioether (sulfide) groups is 1. The van der Waals surface area contributed by atoms with Gasteiger partial charge in [-0.3, -0.25) is 4.79 Å². The molecule has 1 aromatic heterocycles. The summed E-state index contributed by atoms with van der Waals surface area (Å²) >= 11 is 1.38. The van der Waals surface area contributed by atoms with Crippen LogP contribution in [0.4, 0.5) is 5.69 Å². The smallest absolute Gasteiger partial charge is 0.234 e. The molecular weight excluding hydrogens is 384 g/mol. The number of aromatic nitrogens is 3. The molecule has 152 valence electrons. The molecule has 0 aliphatic rings. The first-order chi connectivity index (χ1) is 14.0. The molecule has 1 N–H and O–H groups in total. The Hall–Kier alpha value is -2.80. The lowest BCUT2D eigenvalue weighted by atomic mass is 10.1. The van der Waals surface area contributed by atoms with Gasteiger partial charge in [-0.25, -0.2) is 0 Å². The van der Waals surface area contributed by atoms with Crippen molar-refractivity contribution in [1.29, 1.82) is 0 Å². The number of carbonyl (C=O) groups excluding carboxylic acids is 1. The Morgan fingerprint density at radius 2 is 1.93 bits per heavy atom. The number of amides is 1. The quantitative estimate of drug-likeness (QED) is 0.545. The average Bonchev–Trinajstić information content (AvgIpc) is 3.12. The van der Waals surface area contributed by atoms with Crippen molar-refractivity contribution in [2.75, 3.05) is 17.7 Å². The van der Waals surface area contributed by atoms with Gasteiger partial charge in [-0.1, -0.05) is 36.0 Å². The van der Waals surface area contributed by atoms with E-state index in [1.807, 2.05) is 74.7 Å². The first-order valence-corrected chi connectivity index (χ1v) is 10.7. The van der Waals surface area contributed by atoms with Crippen molar-refractivity contribution in [3.63, 3.8) is 0 Å². The van der Waals surface area contributed by atoms with Gasteiger partial charge in [-0.2, -0.15) is 0 Å². The molecule has 0 unspecified atom stereocenters. The van der Waals surface area contributed by atoms with E-state index in [-0.39, 0.29) is 11.7 Å². The third-order valence-corrected chi connectivity index (χ3v) is 5.43. The average molecular weight is 411 g/mol. The van der Waals surface area contributed by atoms with E-state index in [1.165, 1.54) is 11.8 Å². The molecule has 2 aromatic carbocycles. The lowest BCUT2D eigenvalue weighted by Crippen LogP contribution is -2.15. The van der Waals surface area contributed by atoms with Crippen LogP contribution in [0, 0.1) is 13.8 Å². The first-order valence-electron chi connectivity index (χ1n) is 9.68. The normalized spacial score (nSPS) is 10.8. The van der Waals surface area contributed by atoms with Crippen molar-refractivity contribution in [2.45, 2.75) is 39.4 Å². The minimum Gasteiger partial charge on any atom is -0.493 e. The number of anilines is 1. The maximum Gasteiger partial charge on any atom is 0.234 e. The summed E-state index contributed by atoms with van der Waals surface area (Å²) in [7, 11) is 0. The maximum atomic E-state index is 12.5. The van der Waals surface area contributed by atoms with Crippen molar-refractivity contribution in [3.05, 3.63) is 53.6 Å². The van der Waals surface area contributed by atoms with Gasteiger partial charge in [-0.15, -0.1) is 10.2 Å². The summed E-state index contributed by atoms with van der Waals surface area (Å²) in [5.41, 5.74) is 3.90. The number of benzene rings is 2. The summed E-state index contributed by atoms with van der Waals surface area (Å²) < 4.78 is 7.74. The number of ether oxygens (including phenoxy) is 1. The highest BCUT2D eigenvalue weighted by atomic mass is 32.2. The van der Waals surface area contributed by atoms with E-state index in [9.17, 15) is 4.79 Å². The fourth-order valence-electron chi connectivity index (χ4n) is 3.00. The summed E-state index contributed by atoms with van der Waals surface area (Å²) in [4.78, 5) is 12.5. The second-order valence-electron chi connectivity index (χ2n) is 6.63. The second-order valence-corrected chi connectivity index (χ2v) is 7.58. The SMILES string of the molecule is CCOc1ccccc1-c1nnc(SCC(=O)Nc2cc(C)ccc2C)n1CC. The van der Waals surface area contributed by atoms with Gasteiger partial charge in [-0.05, 0) is 57.0 Å². The van der Waals surface area contributed by atoms with Crippen LogP contribution in [-0.4, -0.2) is 33.0 Å². The van der Waals surface area contributed by atoms with E-state index in [0.717, 1.165) is 34.0 Å². The molecule has 0 bridgehead atoms. The summed E-state index contributed by atoms with van der Waals surface area (Å²) in [5.74, 6) is 1.72. The molecule has 0 saturated heterocycles. The number of aryl methyl sites for hydroxylation is 2. The van der Waals surface area contributed by atoms with E-state index < -0.39 is 0 Å². The van der Waals surface area contributed by atoms with Gasteiger partial charge in [0, 0.05) is 12.2 Å². The zero-order valence-electron chi connectivity index (χ0n) is 17.2. The van der Waals surface area contributed by atoms with Gasteiger partial charge in [0.05, 0.1) is 17.9 Å². The van der Waals surface area contributed by atoms with Crippen LogP contribution in [0.2, 0.25) is 0 Å². The highest BCUT2D eigenvalue weighted by Gasteiger charge is 2.17. The van der Waals surface area contributed by atoms with Crippen LogP contribution in [0.5, 0.6) is 5.75 Å². The molecule has 1 amide bonds. The molecule has 0 atom stereocenters. The molecule has 6 nitrogen and oxygen atoms in total. The van der Waals surface area contributed by atoms with Crippen LogP contribution < -0.4 is 10.1 Å². The van der Waals surface area contributed by atoms with Gasteiger partial charge < -0.3 is 14.6 Å². The summed E-state index contributed by atoms with van der Waals surface area (Å²) in [6.45, 7) is 9.27. The molecule has 29 heavy (non-hydrogen) atoms. The number of para-hydroxylation sites is 1. The highest BCUT2D eigenvalue weighted by Crippen LogP contribution is 2.31. The van der Waals surface area contributed by atoms with Crippen LogP contribution in [-0.2, 0) is 11.3 Å². The number of carbonyl (C=O) groups is 1. The molecule has 0 saturated carbocycles. The molecule has 0 fully saturated rings. The van der Waals surface area contributed by atoms with Crippen molar-refractivity contribution in [1.82, 2.24) is 14.8 Å². The van der Waals surface area contributed by atoms with Crippen molar-refractivity contribution < 1.29 is 9.53 Å². The zero-order valence-corrected chi connectivity index (χ0v) is 18.0. The fraction of sp³-hybridized carbons (Fsp3) is 0.318. The molecule has 0 spiro atoms. The van der Waals surface area contributed by atoms with Crippen LogP contribution in [0.3, 0.4) is 0 Å². The summed E-state index contributed by atoms with van der Waals surface area (Å²) in [6, 6.07) is 13.8. The van der Waals surface area contributed by atoms with Crippen molar-refractivity contribution >= 4 is 23.4 Å². The molecule has 3 aromatic rings. The van der Waals surface area contributed by atoms with E-state index in [0.29, 0.717) is 18.3 Å². The van der Waals surface area contributed by atoms with Gasteiger partial charge in [0.15, 0.2) is 11.0 Å². The third-order valence-electron chi connectivity index (χ3n) is 4.46. The predicted molar refractivity (Wildman–Crippen MR) is 118 cm³/mol. The molecular formula is C22H26N4O2S. The van der Waals surface area contributed by atoms with E-state index in [2.05, 4.69) is 15.5 Å². The van der Waals surface area contributed by atoms with E-state index in [1.54, 1.807) is 0 Å². The van der Waals surface area contributed by atoms with Crippen LogP contribution in [0.15, 0.2) is 47.6 Å². The lowest BCUT2D eigenvalue weighted by Gasteiger charge is -2.12. The minimum absolute atomic E-state index is 0.0642. The number of rotatable bonds is 8. The second kappa shape index (κ2) is 9.60. The topological polar surface area (TPSA) is 69.0 Å². The number of hydrogen-bond donors (Lipinski definition) is 1. The number of nitrogens with zero attached hydrogens (tertiary/aromatic N) is 3. The van der Waals surface area contributed by atoms with Crippen LogP contribution in [0.25, 0.3) is 11.4 Å². The lowest BCUT2D eigenvalue weighted by molar-refractivity contribution is -0.113. The predicted octanol–water partition coefficient (Wildman–Crippen LogP) is 4.71. The Balaban J connectivity index is 1.74. The highest BCUT2D eigenvalue weighted by molar-refractivity contribution is 7.99.